The number of esters is 1. The summed E-state index contributed by atoms with van der Waals surface area (Å²) in [6.45, 7) is 1.89. The van der Waals surface area contributed by atoms with E-state index in [-0.39, 0.29) is 16.8 Å². The Morgan fingerprint density at radius 2 is 1.84 bits per heavy atom. The lowest BCUT2D eigenvalue weighted by Crippen LogP contribution is -2.30. The van der Waals surface area contributed by atoms with Crippen molar-refractivity contribution in [1.82, 2.24) is 4.98 Å². The number of fused-ring (bicyclic) bond motifs is 2. The van der Waals surface area contributed by atoms with E-state index in [1.807, 2.05) is 13.0 Å². The third-order valence-electron chi connectivity index (χ3n) is 5.57. The van der Waals surface area contributed by atoms with Gasteiger partial charge in [-0.25, -0.2) is 9.78 Å². The quantitative estimate of drug-likeness (QED) is 0.460. The molecule has 0 fully saturated rings. The second kappa shape index (κ2) is 7.46. The van der Waals surface area contributed by atoms with Crippen LogP contribution in [0.15, 0.2) is 76.1 Å². The molecule has 32 heavy (non-hydrogen) atoms. The van der Waals surface area contributed by atoms with Gasteiger partial charge in [-0.3, -0.25) is 14.5 Å². The number of aryl methyl sites for hydroxylation is 1. The van der Waals surface area contributed by atoms with E-state index < -0.39 is 17.9 Å². The molecule has 158 valence electrons. The van der Waals surface area contributed by atoms with Crippen LogP contribution < -0.4 is 10.3 Å². The van der Waals surface area contributed by atoms with E-state index in [0.717, 1.165) is 5.56 Å². The Labute approximate surface area is 182 Å². The maximum absolute atomic E-state index is 13.6. The third-order valence-corrected chi connectivity index (χ3v) is 5.57. The van der Waals surface area contributed by atoms with Crippen LogP contribution in [-0.4, -0.2) is 24.0 Å². The fourth-order valence-electron chi connectivity index (χ4n) is 4.05. The van der Waals surface area contributed by atoms with Gasteiger partial charge in [0.25, 0.3) is 5.91 Å². The predicted molar refractivity (Wildman–Crippen MR) is 118 cm³/mol. The van der Waals surface area contributed by atoms with E-state index in [2.05, 4.69) is 4.98 Å². The summed E-state index contributed by atoms with van der Waals surface area (Å²) in [5, 5.41) is 0.413. The highest BCUT2D eigenvalue weighted by atomic mass is 16.5. The predicted octanol–water partition coefficient (Wildman–Crippen LogP) is 4.03. The smallest absolute Gasteiger partial charge is 0.337 e. The van der Waals surface area contributed by atoms with Gasteiger partial charge >= 0.3 is 5.97 Å². The Morgan fingerprint density at radius 1 is 1.06 bits per heavy atom. The first-order chi connectivity index (χ1) is 15.5. The first kappa shape index (κ1) is 19.7. The molecule has 3 heterocycles. The number of aromatic nitrogens is 1. The van der Waals surface area contributed by atoms with Gasteiger partial charge in [-0.2, -0.15) is 0 Å². The molecule has 0 unspecified atom stereocenters. The van der Waals surface area contributed by atoms with Crippen LogP contribution in [0, 0.1) is 6.92 Å². The Balaban J connectivity index is 1.76. The molecule has 1 aliphatic heterocycles. The highest BCUT2D eigenvalue weighted by Gasteiger charge is 2.44. The summed E-state index contributed by atoms with van der Waals surface area (Å²) >= 11 is 0. The molecular formula is C25H18N2O5. The molecule has 2 aromatic heterocycles. The SMILES string of the molecule is COC(=O)c1ccc([C@@H]2c3c(oc4ccc(C)cc4c3=O)C(=O)N2c2ccccn2)cc1. The number of carbonyl (C=O) groups is 2. The number of anilines is 1. The van der Waals surface area contributed by atoms with Gasteiger partial charge in [0.2, 0.25) is 5.76 Å². The first-order valence-corrected chi connectivity index (χ1v) is 10.00. The molecule has 1 amide bonds. The molecule has 0 aliphatic carbocycles. The van der Waals surface area contributed by atoms with E-state index in [9.17, 15) is 14.4 Å². The van der Waals surface area contributed by atoms with Crippen molar-refractivity contribution in [3.63, 3.8) is 0 Å². The molecule has 2 aromatic carbocycles. The minimum Gasteiger partial charge on any atom is -0.465 e. The maximum Gasteiger partial charge on any atom is 0.337 e. The molecule has 5 rings (SSSR count). The number of hydrogen-bond acceptors (Lipinski definition) is 6. The summed E-state index contributed by atoms with van der Waals surface area (Å²) in [4.78, 5) is 44.6. The average molecular weight is 426 g/mol. The van der Waals surface area contributed by atoms with E-state index in [4.69, 9.17) is 9.15 Å². The number of rotatable bonds is 3. The number of pyridine rings is 1. The van der Waals surface area contributed by atoms with Crippen molar-refractivity contribution in [2.24, 2.45) is 0 Å². The van der Waals surface area contributed by atoms with Crippen molar-refractivity contribution < 1.29 is 18.7 Å². The van der Waals surface area contributed by atoms with E-state index in [1.165, 1.54) is 12.0 Å². The molecule has 4 aromatic rings. The molecule has 7 heteroatoms. The van der Waals surface area contributed by atoms with Gasteiger partial charge in [0.15, 0.2) is 5.43 Å². The lowest BCUT2D eigenvalue weighted by Gasteiger charge is -2.24. The number of benzene rings is 2. The fraction of sp³-hybridized carbons (Fsp3) is 0.120. The molecule has 0 radical (unpaired) electrons. The van der Waals surface area contributed by atoms with Crippen molar-refractivity contribution >= 4 is 28.7 Å². The lowest BCUT2D eigenvalue weighted by molar-refractivity contribution is 0.0600. The second-order valence-electron chi connectivity index (χ2n) is 7.55. The third kappa shape index (κ3) is 2.98. The summed E-state index contributed by atoms with van der Waals surface area (Å²) in [6.07, 6.45) is 1.58. The van der Waals surface area contributed by atoms with Crippen molar-refractivity contribution in [2.75, 3.05) is 12.0 Å². The van der Waals surface area contributed by atoms with Gasteiger partial charge in [0.1, 0.15) is 11.4 Å². The zero-order valence-electron chi connectivity index (χ0n) is 17.4. The van der Waals surface area contributed by atoms with Gasteiger partial charge in [-0.05, 0) is 48.9 Å². The monoisotopic (exact) mass is 426 g/mol. The van der Waals surface area contributed by atoms with Gasteiger partial charge < -0.3 is 9.15 Å². The number of carbonyl (C=O) groups excluding carboxylic acids is 2. The van der Waals surface area contributed by atoms with E-state index >= 15 is 0 Å². The first-order valence-electron chi connectivity index (χ1n) is 10.00. The highest BCUT2D eigenvalue weighted by Crippen LogP contribution is 2.40. The normalized spacial score (nSPS) is 15.1. The minimum absolute atomic E-state index is 0.000879. The van der Waals surface area contributed by atoms with E-state index in [1.54, 1.807) is 60.8 Å². The molecule has 1 atom stereocenters. The van der Waals surface area contributed by atoms with Crippen LogP contribution in [0.25, 0.3) is 11.0 Å². The highest BCUT2D eigenvalue weighted by molar-refractivity contribution is 6.10. The van der Waals surface area contributed by atoms with Crippen molar-refractivity contribution in [1.29, 1.82) is 0 Å². The number of nitrogens with zero attached hydrogens (tertiary/aromatic N) is 2. The Morgan fingerprint density at radius 3 is 2.53 bits per heavy atom. The summed E-state index contributed by atoms with van der Waals surface area (Å²) in [7, 11) is 1.31. The van der Waals surface area contributed by atoms with Crippen LogP contribution in [-0.2, 0) is 4.74 Å². The largest absolute Gasteiger partial charge is 0.465 e. The van der Waals surface area contributed by atoms with Crippen LogP contribution >= 0.6 is 0 Å². The summed E-state index contributed by atoms with van der Waals surface area (Å²) in [5.74, 6) is -0.521. The maximum atomic E-state index is 13.6. The van der Waals surface area contributed by atoms with Crippen molar-refractivity contribution in [3.8, 4) is 0 Å². The van der Waals surface area contributed by atoms with Crippen molar-refractivity contribution in [3.05, 3.63) is 105 Å². The zero-order valence-corrected chi connectivity index (χ0v) is 17.4. The summed E-state index contributed by atoms with van der Waals surface area (Å²) in [6, 6.07) is 16.4. The Kier molecular flexibility index (Phi) is 4.59. The van der Waals surface area contributed by atoms with Crippen LogP contribution in [0.3, 0.4) is 0 Å². The molecule has 0 saturated carbocycles. The fourth-order valence-corrected chi connectivity index (χ4v) is 4.05. The lowest BCUT2D eigenvalue weighted by atomic mass is 9.97. The topological polar surface area (TPSA) is 89.7 Å². The molecular weight excluding hydrogens is 408 g/mol. The molecule has 0 bridgehead atoms. The van der Waals surface area contributed by atoms with Gasteiger partial charge in [-0.1, -0.05) is 29.8 Å². The van der Waals surface area contributed by atoms with Crippen LogP contribution in [0.1, 0.15) is 43.6 Å². The number of methoxy groups -OCH3 is 1. The Hall–Kier alpha value is -4.26. The number of hydrogen-bond donors (Lipinski definition) is 0. The van der Waals surface area contributed by atoms with Crippen molar-refractivity contribution in [2.45, 2.75) is 13.0 Å². The second-order valence-corrected chi connectivity index (χ2v) is 7.55. The molecule has 1 aliphatic rings. The van der Waals surface area contributed by atoms with Gasteiger partial charge in [0, 0.05) is 6.20 Å². The van der Waals surface area contributed by atoms with Crippen LogP contribution in [0.5, 0.6) is 0 Å². The molecule has 0 saturated heterocycles. The van der Waals surface area contributed by atoms with E-state index in [0.29, 0.717) is 27.9 Å². The summed E-state index contributed by atoms with van der Waals surface area (Å²) < 4.78 is 10.7. The number of amides is 1. The van der Waals surface area contributed by atoms with Crippen LogP contribution in [0.2, 0.25) is 0 Å². The number of ether oxygens (including phenoxy) is 1. The molecule has 0 N–H and O–H groups in total. The average Bonchev–Trinajstić information content (AvgIpc) is 3.12. The van der Waals surface area contributed by atoms with Gasteiger partial charge in [0.05, 0.1) is 29.7 Å². The Bertz CT molecular complexity index is 1420. The van der Waals surface area contributed by atoms with Crippen LogP contribution in [0.4, 0.5) is 5.82 Å². The molecule has 0 spiro atoms. The zero-order chi connectivity index (χ0) is 22.4. The summed E-state index contributed by atoms with van der Waals surface area (Å²) in [5.41, 5.74) is 2.27. The molecule has 7 nitrogen and oxygen atoms in total. The minimum atomic E-state index is -0.750. The van der Waals surface area contributed by atoms with Gasteiger partial charge in [-0.15, -0.1) is 0 Å². The standard InChI is InChI=1S/C25H18N2O5/c1-14-6-11-18-17(13-14)22(28)20-21(15-7-9-16(10-8-15)25(30)31-2)27(24(29)23(20)32-18)19-5-3-4-12-26-19/h3-13,21H,1-2H3/t21-/m1/s1.